The van der Waals surface area contributed by atoms with Gasteiger partial charge in [0.15, 0.2) is 5.79 Å². The Labute approximate surface area is 88.0 Å². The third kappa shape index (κ3) is 3.25. The Morgan fingerprint density at radius 1 is 1.14 bits per heavy atom. The minimum atomic E-state index is -0.337. The fraction of sp³-hybridized carbons (Fsp3) is 1.00. The second kappa shape index (κ2) is 4.19. The molecule has 1 atom stereocenters. The molecule has 2 aliphatic rings. The molecule has 0 radical (unpaired) electrons. The van der Waals surface area contributed by atoms with Crippen LogP contribution in [0.1, 0.15) is 53.9 Å². The van der Waals surface area contributed by atoms with Gasteiger partial charge in [0.25, 0.3) is 0 Å². The lowest BCUT2D eigenvalue weighted by Crippen LogP contribution is -2.22. The van der Waals surface area contributed by atoms with E-state index < -0.39 is 0 Å². The maximum Gasteiger partial charge on any atom is 0.163 e. The predicted molar refractivity (Wildman–Crippen MR) is 58.2 cm³/mol. The summed E-state index contributed by atoms with van der Waals surface area (Å²) in [5.41, 5.74) is 0.578. The van der Waals surface area contributed by atoms with Crippen LogP contribution in [-0.2, 0) is 9.47 Å². The minimum Gasteiger partial charge on any atom is -0.348 e. The molecule has 1 unspecified atom stereocenters. The molecule has 84 valence electrons. The van der Waals surface area contributed by atoms with E-state index in [-0.39, 0.29) is 5.79 Å². The number of hydrogen-bond acceptors (Lipinski definition) is 2. The van der Waals surface area contributed by atoms with Gasteiger partial charge in [-0.15, -0.1) is 0 Å². The van der Waals surface area contributed by atoms with Crippen molar-refractivity contribution in [1.29, 1.82) is 0 Å². The van der Waals surface area contributed by atoms with Crippen LogP contribution in [0.4, 0.5) is 0 Å². The van der Waals surface area contributed by atoms with E-state index in [1.54, 1.807) is 0 Å². The summed E-state index contributed by atoms with van der Waals surface area (Å²) in [6, 6.07) is 0. The van der Waals surface area contributed by atoms with Gasteiger partial charge in [0, 0.05) is 0 Å². The molecule has 2 nitrogen and oxygen atoms in total. The van der Waals surface area contributed by atoms with E-state index in [1.807, 2.05) is 27.7 Å². The van der Waals surface area contributed by atoms with Crippen LogP contribution in [0.3, 0.4) is 0 Å². The Balaban J connectivity index is 0.000000461. The predicted octanol–water partition coefficient (Wildman–Crippen LogP) is 3.35. The lowest BCUT2D eigenvalue weighted by molar-refractivity contribution is -0.140. The quantitative estimate of drug-likeness (QED) is 0.680. The molecular formula is C12H24O2. The van der Waals surface area contributed by atoms with Crippen molar-refractivity contribution in [3.8, 4) is 0 Å². The molecule has 0 N–H and O–H groups in total. The molecule has 2 fully saturated rings. The van der Waals surface area contributed by atoms with Crippen molar-refractivity contribution in [2.75, 3.05) is 6.61 Å². The highest BCUT2D eigenvalue weighted by Gasteiger charge is 2.43. The molecule has 0 aromatic rings. The molecule has 0 spiro atoms. The second-order valence-corrected chi connectivity index (χ2v) is 4.97. The highest BCUT2D eigenvalue weighted by Crippen LogP contribution is 2.50. The van der Waals surface area contributed by atoms with Gasteiger partial charge in [0.05, 0.1) is 12.7 Å². The first-order chi connectivity index (χ1) is 6.49. The number of rotatable bonds is 2. The summed E-state index contributed by atoms with van der Waals surface area (Å²) in [4.78, 5) is 0. The molecular weight excluding hydrogens is 176 g/mol. The van der Waals surface area contributed by atoms with E-state index in [2.05, 4.69) is 6.92 Å². The maximum absolute atomic E-state index is 5.74. The highest BCUT2D eigenvalue weighted by molar-refractivity contribution is 4.91. The Morgan fingerprint density at radius 2 is 1.71 bits per heavy atom. The van der Waals surface area contributed by atoms with Gasteiger partial charge in [-0.05, 0) is 38.5 Å². The Bertz CT molecular complexity index is 183. The molecule has 0 aromatic carbocycles. The summed E-state index contributed by atoms with van der Waals surface area (Å²) in [5, 5.41) is 0. The molecule has 1 aliphatic heterocycles. The second-order valence-electron chi connectivity index (χ2n) is 4.97. The van der Waals surface area contributed by atoms with E-state index in [4.69, 9.17) is 9.47 Å². The molecule has 0 aromatic heterocycles. The average Bonchev–Trinajstić information content (AvgIpc) is 2.73. The Hall–Kier alpha value is -0.0800. The van der Waals surface area contributed by atoms with Gasteiger partial charge in [-0.25, -0.2) is 0 Å². The topological polar surface area (TPSA) is 18.5 Å². The van der Waals surface area contributed by atoms with Crippen molar-refractivity contribution in [2.45, 2.75) is 65.8 Å². The molecule has 0 bridgehead atoms. The van der Waals surface area contributed by atoms with Crippen LogP contribution < -0.4 is 0 Å². The lowest BCUT2D eigenvalue weighted by atomic mass is 10.0. The number of hydrogen-bond donors (Lipinski definition) is 0. The molecule has 1 saturated heterocycles. The largest absolute Gasteiger partial charge is 0.348 e. The molecule has 1 aliphatic carbocycles. The molecule has 1 heterocycles. The zero-order valence-corrected chi connectivity index (χ0v) is 10.2. The van der Waals surface area contributed by atoms with Gasteiger partial charge in [0.1, 0.15) is 0 Å². The zero-order valence-electron chi connectivity index (χ0n) is 10.2. The van der Waals surface area contributed by atoms with Crippen molar-refractivity contribution in [3.63, 3.8) is 0 Å². The van der Waals surface area contributed by atoms with Gasteiger partial charge >= 0.3 is 0 Å². The summed E-state index contributed by atoms with van der Waals surface area (Å²) >= 11 is 0. The van der Waals surface area contributed by atoms with Crippen LogP contribution in [0, 0.1) is 5.41 Å². The Kier molecular flexibility index (Phi) is 3.59. The average molecular weight is 200 g/mol. The molecule has 1 saturated carbocycles. The van der Waals surface area contributed by atoms with E-state index in [0.717, 1.165) is 6.61 Å². The summed E-state index contributed by atoms with van der Waals surface area (Å²) in [7, 11) is 0. The first-order valence-electron chi connectivity index (χ1n) is 5.81. The maximum atomic E-state index is 5.74. The summed E-state index contributed by atoms with van der Waals surface area (Å²) in [5.74, 6) is -0.337. The third-order valence-electron chi connectivity index (χ3n) is 2.89. The first kappa shape index (κ1) is 12.0. The van der Waals surface area contributed by atoms with Gasteiger partial charge in [-0.3, -0.25) is 0 Å². The fourth-order valence-electron chi connectivity index (χ4n) is 1.83. The SMILES string of the molecule is CC.CC1(CC2COC(C)(C)O2)CC1. The van der Waals surface area contributed by atoms with Gasteiger partial charge in [-0.2, -0.15) is 0 Å². The normalized spacial score (nSPS) is 31.9. The lowest BCUT2D eigenvalue weighted by Gasteiger charge is -2.18. The fourth-order valence-corrected chi connectivity index (χ4v) is 1.83. The van der Waals surface area contributed by atoms with E-state index >= 15 is 0 Å². The van der Waals surface area contributed by atoms with Crippen LogP contribution in [-0.4, -0.2) is 18.5 Å². The van der Waals surface area contributed by atoms with Crippen molar-refractivity contribution >= 4 is 0 Å². The molecule has 14 heavy (non-hydrogen) atoms. The van der Waals surface area contributed by atoms with E-state index in [1.165, 1.54) is 19.3 Å². The van der Waals surface area contributed by atoms with E-state index in [9.17, 15) is 0 Å². The van der Waals surface area contributed by atoms with Crippen LogP contribution in [0.25, 0.3) is 0 Å². The van der Waals surface area contributed by atoms with Gasteiger partial charge in [0.2, 0.25) is 0 Å². The minimum absolute atomic E-state index is 0.337. The first-order valence-corrected chi connectivity index (χ1v) is 5.81. The number of ether oxygens (including phenoxy) is 2. The van der Waals surface area contributed by atoms with Crippen LogP contribution in [0.15, 0.2) is 0 Å². The summed E-state index contributed by atoms with van der Waals surface area (Å²) < 4.78 is 11.2. The van der Waals surface area contributed by atoms with E-state index in [0.29, 0.717) is 11.5 Å². The molecule has 2 heteroatoms. The Morgan fingerprint density at radius 3 is 2.07 bits per heavy atom. The smallest absolute Gasteiger partial charge is 0.163 e. The van der Waals surface area contributed by atoms with Crippen LogP contribution in [0.2, 0.25) is 0 Å². The summed E-state index contributed by atoms with van der Waals surface area (Å²) in [6.45, 7) is 11.1. The molecule has 2 rings (SSSR count). The summed E-state index contributed by atoms with van der Waals surface area (Å²) in [6.07, 6.45) is 4.25. The highest BCUT2D eigenvalue weighted by atomic mass is 16.7. The van der Waals surface area contributed by atoms with Crippen LogP contribution in [0.5, 0.6) is 0 Å². The van der Waals surface area contributed by atoms with Crippen molar-refractivity contribution in [3.05, 3.63) is 0 Å². The third-order valence-corrected chi connectivity index (χ3v) is 2.89. The van der Waals surface area contributed by atoms with Gasteiger partial charge < -0.3 is 9.47 Å². The van der Waals surface area contributed by atoms with Crippen molar-refractivity contribution in [2.24, 2.45) is 5.41 Å². The van der Waals surface area contributed by atoms with Crippen molar-refractivity contribution in [1.82, 2.24) is 0 Å². The monoisotopic (exact) mass is 200 g/mol. The van der Waals surface area contributed by atoms with Gasteiger partial charge in [-0.1, -0.05) is 20.8 Å². The standard InChI is InChI=1S/C10H18O2.C2H6/c1-9(2)11-7-8(12-9)6-10(3)4-5-10;1-2/h8H,4-7H2,1-3H3;1-2H3. The van der Waals surface area contributed by atoms with Crippen LogP contribution >= 0.6 is 0 Å². The van der Waals surface area contributed by atoms with Crippen molar-refractivity contribution < 1.29 is 9.47 Å². The zero-order chi connectivity index (χ0) is 10.8. The molecule has 0 amide bonds.